The summed E-state index contributed by atoms with van der Waals surface area (Å²) in [7, 11) is -4.15. The topological polar surface area (TPSA) is 126 Å². The van der Waals surface area contributed by atoms with Gasteiger partial charge < -0.3 is 14.8 Å². The van der Waals surface area contributed by atoms with E-state index in [0.29, 0.717) is 16.3 Å². The third-order valence-corrected chi connectivity index (χ3v) is 6.72. The number of nitrogens with one attached hydrogen (secondary N) is 2. The monoisotopic (exact) mass is 466 g/mol. The van der Waals surface area contributed by atoms with Gasteiger partial charge in [-0.2, -0.15) is 4.72 Å². The molecule has 0 aliphatic carbocycles. The molecule has 1 aromatic heterocycles. The maximum Gasteiger partial charge on any atom is 0.327 e. The Bertz CT molecular complexity index is 1440. The number of hydrogen-bond acceptors (Lipinski definition) is 6. The van der Waals surface area contributed by atoms with E-state index in [2.05, 4.69) is 9.71 Å². The van der Waals surface area contributed by atoms with Gasteiger partial charge in [-0.05, 0) is 35.9 Å². The summed E-state index contributed by atoms with van der Waals surface area (Å²) < 4.78 is 33.0. The first-order valence-electron chi connectivity index (χ1n) is 10.2. The number of carbonyl (C=O) groups excluding carboxylic acids is 2. The normalized spacial score (nSPS) is 13.6. The highest BCUT2D eigenvalue weighted by molar-refractivity contribution is 7.89. The lowest BCUT2D eigenvalue weighted by molar-refractivity contribution is -0.147. The highest BCUT2D eigenvalue weighted by atomic mass is 32.2. The van der Waals surface area contributed by atoms with Crippen molar-refractivity contribution in [2.45, 2.75) is 24.0 Å². The zero-order valence-corrected chi connectivity index (χ0v) is 18.5. The summed E-state index contributed by atoms with van der Waals surface area (Å²) in [6.07, 6.45) is 0.131. The van der Waals surface area contributed by atoms with Crippen LogP contribution in [0.4, 0.5) is 0 Å². The average molecular weight is 467 g/mol. The van der Waals surface area contributed by atoms with Crippen LogP contribution in [0, 0.1) is 0 Å². The molecule has 0 amide bonds. The molecule has 2 atom stereocenters. The minimum absolute atomic E-state index is 0.0606. The Hall–Kier alpha value is -3.53. The molecule has 3 N–H and O–H groups in total. The maximum absolute atomic E-state index is 12.9. The molecule has 4 rings (SSSR count). The molecule has 9 heteroatoms. The van der Waals surface area contributed by atoms with E-state index in [9.17, 15) is 23.1 Å². The number of esters is 1. The third kappa shape index (κ3) is 4.80. The maximum atomic E-state index is 12.9. The first kappa shape index (κ1) is 22.7. The number of aliphatic hydroxyl groups excluding tert-OH is 1. The molecule has 33 heavy (non-hydrogen) atoms. The number of sulfonamides is 1. The number of ketones is 1. The highest BCUT2D eigenvalue weighted by Crippen LogP contribution is 2.20. The van der Waals surface area contributed by atoms with Crippen LogP contribution in [0.2, 0.25) is 0 Å². The molecule has 0 unspecified atom stereocenters. The predicted octanol–water partition coefficient (Wildman–Crippen LogP) is 2.77. The van der Waals surface area contributed by atoms with E-state index >= 15 is 0 Å². The van der Waals surface area contributed by atoms with Gasteiger partial charge in [0, 0.05) is 22.7 Å². The van der Waals surface area contributed by atoms with Gasteiger partial charge in [0.15, 0.2) is 6.61 Å². The second-order valence-corrected chi connectivity index (χ2v) is 9.34. The number of rotatable bonds is 8. The number of H-pyrrole nitrogens is 1. The Morgan fingerprint density at radius 3 is 2.48 bits per heavy atom. The summed E-state index contributed by atoms with van der Waals surface area (Å²) in [5.41, 5.74) is 1.11. The fourth-order valence-corrected chi connectivity index (χ4v) is 4.81. The van der Waals surface area contributed by atoms with Gasteiger partial charge in [-0.3, -0.25) is 9.59 Å². The molecule has 170 valence electrons. The van der Waals surface area contributed by atoms with E-state index in [-0.39, 0.29) is 4.90 Å². The summed E-state index contributed by atoms with van der Waals surface area (Å²) in [5.74, 6) is -1.51. The van der Waals surface area contributed by atoms with E-state index in [0.717, 1.165) is 10.9 Å². The number of aromatic amines is 1. The summed E-state index contributed by atoms with van der Waals surface area (Å²) in [4.78, 5) is 28.0. The number of fused-ring (bicyclic) bond motifs is 2. The van der Waals surface area contributed by atoms with Crippen LogP contribution >= 0.6 is 0 Å². The Morgan fingerprint density at radius 1 is 1.03 bits per heavy atom. The van der Waals surface area contributed by atoms with Crippen LogP contribution in [0.3, 0.4) is 0 Å². The number of Topliss-reactive ketones (excluding diaryl/α,β-unsaturated/α-hetero) is 1. The molecule has 0 spiro atoms. The van der Waals surface area contributed by atoms with Crippen molar-refractivity contribution in [3.8, 4) is 0 Å². The quantitative estimate of drug-likeness (QED) is 0.271. The Labute approximate surface area is 190 Å². The molecule has 0 fully saturated rings. The van der Waals surface area contributed by atoms with Crippen LogP contribution in [-0.4, -0.2) is 49.0 Å². The van der Waals surface area contributed by atoms with Crippen molar-refractivity contribution in [1.82, 2.24) is 9.71 Å². The Balaban J connectivity index is 1.48. The molecule has 0 bridgehead atoms. The van der Waals surface area contributed by atoms with Crippen molar-refractivity contribution in [3.63, 3.8) is 0 Å². The van der Waals surface area contributed by atoms with E-state index in [4.69, 9.17) is 4.74 Å². The van der Waals surface area contributed by atoms with Crippen molar-refractivity contribution < 1.29 is 27.9 Å². The lowest BCUT2D eigenvalue weighted by atomic mass is 10.1. The number of para-hydroxylation sites is 1. The van der Waals surface area contributed by atoms with Crippen LogP contribution in [0.15, 0.2) is 77.8 Å². The smallest absolute Gasteiger partial charge is 0.327 e. The number of aromatic nitrogens is 1. The van der Waals surface area contributed by atoms with Gasteiger partial charge >= 0.3 is 5.97 Å². The van der Waals surface area contributed by atoms with Gasteiger partial charge in [0.25, 0.3) is 0 Å². The van der Waals surface area contributed by atoms with Crippen molar-refractivity contribution in [2.24, 2.45) is 0 Å². The summed E-state index contributed by atoms with van der Waals surface area (Å²) in [5, 5.41) is 12.3. The first-order chi connectivity index (χ1) is 15.8. The Kier molecular flexibility index (Phi) is 6.28. The molecule has 8 nitrogen and oxygen atoms in total. The first-order valence-corrected chi connectivity index (χ1v) is 11.7. The van der Waals surface area contributed by atoms with Gasteiger partial charge in [-0.1, -0.05) is 48.5 Å². The van der Waals surface area contributed by atoms with Crippen molar-refractivity contribution in [2.75, 3.05) is 6.61 Å². The van der Waals surface area contributed by atoms with Gasteiger partial charge in [0.2, 0.25) is 15.8 Å². The zero-order valence-electron chi connectivity index (χ0n) is 17.7. The molecule has 0 radical (unpaired) electrons. The summed E-state index contributed by atoms with van der Waals surface area (Å²) in [6, 6.07) is 17.4. The molecule has 1 heterocycles. The lowest BCUT2D eigenvalue weighted by Crippen LogP contribution is -2.48. The molecule has 0 aliphatic heterocycles. The van der Waals surface area contributed by atoms with Crippen LogP contribution in [0.5, 0.6) is 0 Å². The molecule has 0 aliphatic rings. The van der Waals surface area contributed by atoms with E-state index in [1.54, 1.807) is 30.3 Å². The van der Waals surface area contributed by atoms with Crippen molar-refractivity contribution >= 4 is 43.5 Å². The van der Waals surface area contributed by atoms with Gasteiger partial charge in [0.1, 0.15) is 6.04 Å². The third-order valence-electron chi connectivity index (χ3n) is 5.28. The molecular formula is C24H22N2O6S. The van der Waals surface area contributed by atoms with Gasteiger partial charge in [-0.25, -0.2) is 8.42 Å². The summed E-state index contributed by atoms with van der Waals surface area (Å²) >= 11 is 0. The van der Waals surface area contributed by atoms with Crippen LogP contribution in [0.1, 0.15) is 17.3 Å². The number of ether oxygens (including phenoxy) is 1. The average Bonchev–Trinajstić information content (AvgIpc) is 3.24. The highest BCUT2D eigenvalue weighted by Gasteiger charge is 2.31. The largest absolute Gasteiger partial charge is 0.456 e. The number of carbonyl (C=O) groups is 2. The van der Waals surface area contributed by atoms with E-state index in [1.807, 2.05) is 24.3 Å². The van der Waals surface area contributed by atoms with Crippen LogP contribution in [-0.2, 0) is 19.6 Å². The van der Waals surface area contributed by atoms with E-state index < -0.39 is 40.5 Å². The predicted molar refractivity (Wildman–Crippen MR) is 123 cm³/mol. The second-order valence-electron chi connectivity index (χ2n) is 7.63. The minimum atomic E-state index is -4.15. The zero-order chi connectivity index (χ0) is 23.6. The standard InChI is InChI=1S/C24H22N2O6S/c1-15(27)23(26-33(30,31)18-11-10-16-6-2-3-7-17(16)12-18)24(29)32-14-22(28)20-13-25-21-9-5-4-8-19(20)21/h2-13,15,23,25-27H,14H2,1H3/t15-,23+/m1/s1. The van der Waals surface area contributed by atoms with Crippen LogP contribution < -0.4 is 4.72 Å². The van der Waals surface area contributed by atoms with Crippen molar-refractivity contribution in [3.05, 3.63) is 78.5 Å². The number of aliphatic hydroxyl groups is 1. The molecule has 0 saturated heterocycles. The van der Waals surface area contributed by atoms with Crippen molar-refractivity contribution in [1.29, 1.82) is 0 Å². The molecular weight excluding hydrogens is 444 g/mol. The fraction of sp³-hybridized carbons (Fsp3) is 0.167. The molecule has 0 saturated carbocycles. The Morgan fingerprint density at radius 2 is 1.73 bits per heavy atom. The molecule has 3 aromatic carbocycles. The molecule has 4 aromatic rings. The number of benzene rings is 3. The van der Waals surface area contributed by atoms with E-state index in [1.165, 1.54) is 25.3 Å². The second kappa shape index (κ2) is 9.14. The lowest BCUT2D eigenvalue weighted by Gasteiger charge is -2.20. The van der Waals surface area contributed by atoms with Crippen LogP contribution in [0.25, 0.3) is 21.7 Å². The van der Waals surface area contributed by atoms with Gasteiger partial charge in [-0.15, -0.1) is 0 Å². The van der Waals surface area contributed by atoms with Gasteiger partial charge in [0.05, 0.1) is 11.0 Å². The summed E-state index contributed by atoms with van der Waals surface area (Å²) in [6.45, 7) is 0.665. The SMILES string of the molecule is C[C@@H](O)[C@H](NS(=O)(=O)c1ccc2ccccc2c1)C(=O)OCC(=O)c1c[nH]c2ccccc12. The number of hydrogen-bond donors (Lipinski definition) is 3. The minimum Gasteiger partial charge on any atom is -0.456 e. The fourth-order valence-electron chi connectivity index (χ4n) is 3.52.